The van der Waals surface area contributed by atoms with E-state index in [0.717, 1.165) is 44.3 Å². The molecule has 2 fully saturated rings. The Hall–Kier alpha value is -2.64. The molecule has 1 amide bonds. The van der Waals surface area contributed by atoms with Gasteiger partial charge in [0, 0.05) is 6.54 Å². The zero-order valence-corrected chi connectivity index (χ0v) is 17.5. The number of carbonyl (C=O) groups is 1. The lowest BCUT2D eigenvalue weighted by atomic mass is 10.0. The predicted octanol–water partition coefficient (Wildman–Crippen LogP) is 3.79. The SMILES string of the molecule is O=C(N[C@H](CN1CCCC1)[C@H](O)c1ccc(OC2CC2)c(F)c1)OCc1ccccc1. The summed E-state index contributed by atoms with van der Waals surface area (Å²) in [6.07, 6.45) is 2.46. The van der Waals surface area contributed by atoms with Crippen LogP contribution in [0.25, 0.3) is 0 Å². The van der Waals surface area contributed by atoms with Gasteiger partial charge in [-0.25, -0.2) is 9.18 Å². The van der Waals surface area contributed by atoms with Crippen LogP contribution in [0.1, 0.15) is 42.9 Å². The second kappa shape index (κ2) is 10.1. The van der Waals surface area contributed by atoms with E-state index in [1.807, 2.05) is 30.3 Å². The number of hydrogen-bond donors (Lipinski definition) is 2. The molecule has 166 valence electrons. The maximum atomic E-state index is 14.5. The largest absolute Gasteiger partial charge is 0.487 e. The van der Waals surface area contributed by atoms with Gasteiger partial charge >= 0.3 is 6.09 Å². The van der Waals surface area contributed by atoms with Crippen molar-refractivity contribution in [3.63, 3.8) is 0 Å². The van der Waals surface area contributed by atoms with E-state index in [0.29, 0.717) is 12.1 Å². The number of aliphatic hydroxyl groups excluding tert-OH is 1. The number of aliphatic hydroxyl groups is 1. The Balaban J connectivity index is 1.41. The highest BCUT2D eigenvalue weighted by Crippen LogP contribution is 2.30. The number of halogens is 1. The molecular weight excluding hydrogens is 399 g/mol. The zero-order chi connectivity index (χ0) is 21.6. The number of nitrogens with one attached hydrogen (secondary N) is 1. The van der Waals surface area contributed by atoms with Crippen molar-refractivity contribution in [1.29, 1.82) is 0 Å². The molecule has 6 nitrogen and oxygen atoms in total. The lowest BCUT2D eigenvalue weighted by Crippen LogP contribution is -2.46. The van der Waals surface area contributed by atoms with Crippen molar-refractivity contribution in [2.45, 2.75) is 50.5 Å². The van der Waals surface area contributed by atoms with Gasteiger partial charge in [-0.05, 0) is 62.0 Å². The molecule has 2 aliphatic rings. The maximum absolute atomic E-state index is 14.5. The molecule has 1 saturated carbocycles. The Labute approximate surface area is 182 Å². The van der Waals surface area contributed by atoms with Crippen molar-refractivity contribution in [2.24, 2.45) is 0 Å². The molecule has 1 saturated heterocycles. The van der Waals surface area contributed by atoms with Crippen LogP contribution in [-0.4, -0.2) is 47.9 Å². The van der Waals surface area contributed by atoms with Crippen LogP contribution in [0.15, 0.2) is 48.5 Å². The Morgan fingerprint density at radius 1 is 1.16 bits per heavy atom. The molecule has 0 radical (unpaired) electrons. The molecule has 0 bridgehead atoms. The van der Waals surface area contributed by atoms with E-state index in [4.69, 9.17) is 9.47 Å². The Kier molecular flexibility index (Phi) is 7.04. The molecule has 2 N–H and O–H groups in total. The summed E-state index contributed by atoms with van der Waals surface area (Å²) in [7, 11) is 0. The number of alkyl carbamates (subject to hydrolysis) is 1. The third kappa shape index (κ3) is 6.18. The van der Waals surface area contributed by atoms with E-state index in [1.54, 1.807) is 12.1 Å². The fourth-order valence-electron chi connectivity index (χ4n) is 3.78. The minimum Gasteiger partial charge on any atom is -0.487 e. The van der Waals surface area contributed by atoms with Crippen LogP contribution in [0.3, 0.4) is 0 Å². The first-order chi connectivity index (χ1) is 15.1. The highest BCUT2D eigenvalue weighted by Gasteiger charge is 2.29. The topological polar surface area (TPSA) is 71.0 Å². The summed E-state index contributed by atoms with van der Waals surface area (Å²) >= 11 is 0. The van der Waals surface area contributed by atoms with E-state index >= 15 is 0 Å². The summed E-state index contributed by atoms with van der Waals surface area (Å²) in [5.74, 6) is -0.306. The fraction of sp³-hybridized carbons (Fsp3) is 0.458. The Bertz CT molecular complexity index is 869. The molecule has 0 unspecified atom stereocenters. The van der Waals surface area contributed by atoms with Crippen molar-refractivity contribution in [3.8, 4) is 5.75 Å². The molecule has 7 heteroatoms. The average Bonchev–Trinajstić information content (AvgIpc) is 3.45. The van der Waals surface area contributed by atoms with Crippen LogP contribution in [0.5, 0.6) is 5.75 Å². The first kappa shape index (κ1) is 21.6. The van der Waals surface area contributed by atoms with Gasteiger partial charge < -0.3 is 24.8 Å². The van der Waals surface area contributed by atoms with Gasteiger partial charge in [-0.15, -0.1) is 0 Å². The van der Waals surface area contributed by atoms with Gasteiger partial charge in [-0.1, -0.05) is 36.4 Å². The van der Waals surface area contributed by atoms with Crippen LogP contribution < -0.4 is 10.1 Å². The summed E-state index contributed by atoms with van der Waals surface area (Å²) < 4.78 is 25.4. The van der Waals surface area contributed by atoms with E-state index < -0.39 is 24.1 Å². The van der Waals surface area contributed by atoms with Crippen molar-refractivity contribution in [3.05, 3.63) is 65.5 Å². The predicted molar refractivity (Wildman–Crippen MR) is 114 cm³/mol. The molecule has 1 aliphatic carbocycles. The van der Waals surface area contributed by atoms with Gasteiger partial charge in [0.15, 0.2) is 11.6 Å². The standard InChI is InChI=1S/C24H29FN2O4/c25-20-14-18(8-11-22(20)31-19-9-10-19)23(28)21(15-27-12-4-5-13-27)26-24(29)30-16-17-6-2-1-3-7-17/h1-3,6-8,11,14,19,21,23,28H,4-5,9-10,12-13,15-16H2,(H,26,29)/t21-,23-/m1/s1. The van der Waals surface area contributed by atoms with Crippen LogP contribution >= 0.6 is 0 Å². The molecule has 2 aromatic carbocycles. The minimum atomic E-state index is -1.07. The van der Waals surface area contributed by atoms with Gasteiger partial charge in [0.25, 0.3) is 0 Å². The monoisotopic (exact) mass is 428 g/mol. The van der Waals surface area contributed by atoms with Crippen LogP contribution in [0.2, 0.25) is 0 Å². The summed E-state index contributed by atoms with van der Waals surface area (Å²) in [4.78, 5) is 14.6. The molecule has 4 rings (SSSR count). The Morgan fingerprint density at radius 3 is 2.58 bits per heavy atom. The average molecular weight is 429 g/mol. The molecule has 1 heterocycles. The van der Waals surface area contributed by atoms with Gasteiger partial charge in [0.1, 0.15) is 12.7 Å². The van der Waals surface area contributed by atoms with Crippen molar-refractivity contribution in [2.75, 3.05) is 19.6 Å². The number of likely N-dealkylation sites (tertiary alicyclic amines) is 1. The van der Waals surface area contributed by atoms with Crippen molar-refractivity contribution >= 4 is 6.09 Å². The lowest BCUT2D eigenvalue weighted by Gasteiger charge is -2.28. The summed E-state index contributed by atoms with van der Waals surface area (Å²) in [5, 5.41) is 13.8. The molecule has 2 aromatic rings. The smallest absolute Gasteiger partial charge is 0.407 e. The first-order valence-electron chi connectivity index (χ1n) is 10.9. The summed E-state index contributed by atoms with van der Waals surface area (Å²) in [6, 6.07) is 13.3. The first-order valence-corrected chi connectivity index (χ1v) is 10.9. The minimum absolute atomic E-state index is 0.0919. The van der Waals surface area contributed by atoms with Crippen LogP contribution in [0.4, 0.5) is 9.18 Å². The molecule has 1 aliphatic heterocycles. The fourth-order valence-corrected chi connectivity index (χ4v) is 3.78. The maximum Gasteiger partial charge on any atom is 0.407 e. The van der Waals surface area contributed by atoms with Crippen molar-refractivity contribution in [1.82, 2.24) is 10.2 Å². The highest BCUT2D eigenvalue weighted by molar-refractivity contribution is 5.67. The number of nitrogens with zero attached hydrogens (tertiary/aromatic N) is 1. The summed E-state index contributed by atoms with van der Waals surface area (Å²) in [6.45, 7) is 2.42. The number of ether oxygens (including phenoxy) is 2. The number of amides is 1. The van der Waals surface area contributed by atoms with E-state index in [9.17, 15) is 14.3 Å². The third-order valence-electron chi connectivity index (χ3n) is 5.67. The summed E-state index contributed by atoms with van der Waals surface area (Å²) in [5.41, 5.74) is 1.27. The van der Waals surface area contributed by atoms with E-state index in [1.165, 1.54) is 6.07 Å². The molecule has 2 atom stereocenters. The number of benzene rings is 2. The normalized spacial score (nSPS) is 18.4. The van der Waals surface area contributed by atoms with Gasteiger partial charge in [-0.3, -0.25) is 0 Å². The second-order valence-electron chi connectivity index (χ2n) is 8.27. The van der Waals surface area contributed by atoms with Crippen LogP contribution in [0, 0.1) is 5.82 Å². The van der Waals surface area contributed by atoms with E-state index in [-0.39, 0.29) is 18.5 Å². The highest BCUT2D eigenvalue weighted by atomic mass is 19.1. The van der Waals surface area contributed by atoms with Gasteiger partial charge in [-0.2, -0.15) is 0 Å². The number of hydrogen-bond acceptors (Lipinski definition) is 5. The molecule has 0 aromatic heterocycles. The number of carbonyl (C=O) groups excluding carboxylic acids is 1. The lowest BCUT2D eigenvalue weighted by molar-refractivity contribution is 0.0880. The zero-order valence-electron chi connectivity index (χ0n) is 17.5. The van der Waals surface area contributed by atoms with Gasteiger partial charge in [0.2, 0.25) is 0 Å². The Morgan fingerprint density at radius 2 is 1.90 bits per heavy atom. The number of rotatable bonds is 9. The molecule has 0 spiro atoms. The van der Waals surface area contributed by atoms with E-state index in [2.05, 4.69) is 10.2 Å². The second-order valence-corrected chi connectivity index (χ2v) is 8.27. The van der Waals surface area contributed by atoms with Gasteiger partial charge in [0.05, 0.1) is 12.1 Å². The molecular formula is C24H29FN2O4. The third-order valence-corrected chi connectivity index (χ3v) is 5.67. The van der Waals surface area contributed by atoms with Crippen molar-refractivity contribution < 1.29 is 23.8 Å². The quantitative estimate of drug-likeness (QED) is 0.636. The van der Waals surface area contributed by atoms with Crippen LogP contribution in [-0.2, 0) is 11.3 Å². The molecule has 31 heavy (non-hydrogen) atoms.